The number of methoxy groups -OCH3 is 1. The Balaban J connectivity index is 2.36. The topological polar surface area (TPSA) is 74.4 Å². The molecule has 2 rings (SSSR count). The number of nitrogens with zero attached hydrogens (tertiary/aromatic N) is 1. The molecule has 0 fully saturated rings. The monoisotopic (exact) mass is 364 g/mol. The fourth-order valence-electron chi connectivity index (χ4n) is 2.10. The molecule has 2 N–H and O–H groups in total. The van der Waals surface area contributed by atoms with Gasteiger partial charge in [0.1, 0.15) is 5.75 Å². The number of ether oxygens (including phenoxy) is 2. The first-order valence-corrected chi connectivity index (χ1v) is 7.87. The normalized spacial score (nSPS) is 11.7. The lowest BCUT2D eigenvalue weighted by atomic mass is 10.0. The van der Waals surface area contributed by atoms with Crippen LogP contribution in [0.1, 0.15) is 22.9 Å². The molecule has 1 amide bonds. The average Bonchev–Trinajstić information content (AvgIpc) is 2.53. The number of amides is 1. The van der Waals surface area contributed by atoms with E-state index in [9.17, 15) is 4.79 Å². The summed E-state index contributed by atoms with van der Waals surface area (Å²) in [5.41, 5.74) is 7.73. The molecule has 0 bridgehead atoms. The van der Waals surface area contributed by atoms with Gasteiger partial charge in [-0.3, -0.25) is 4.98 Å². The van der Waals surface area contributed by atoms with Crippen LogP contribution in [0.15, 0.2) is 42.6 Å². The minimum Gasteiger partial charge on any atom is -0.497 e. The number of primary amides is 1. The molecule has 0 saturated heterocycles. The number of aromatic nitrogens is 1. The van der Waals surface area contributed by atoms with Gasteiger partial charge in [-0.2, -0.15) is 0 Å². The number of hydrogen-bond acceptors (Lipinski definition) is 4. The number of rotatable bonds is 6. The van der Waals surface area contributed by atoms with Crippen molar-refractivity contribution < 1.29 is 14.3 Å². The third-order valence-corrected chi connectivity index (χ3v) is 3.55. The maximum atomic E-state index is 11.2. The average molecular weight is 365 g/mol. The lowest BCUT2D eigenvalue weighted by Crippen LogP contribution is -2.19. The van der Waals surface area contributed by atoms with Crippen molar-refractivity contribution in [1.82, 2.24) is 4.98 Å². The van der Waals surface area contributed by atoms with Crippen molar-refractivity contribution in [3.05, 3.63) is 59.4 Å². The Morgan fingerprint density at radius 2 is 2.05 bits per heavy atom. The molecular formula is C16H17BrN2O3. The predicted octanol–water partition coefficient (Wildman–Crippen LogP) is 3.21. The Kier molecular flexibility index (Phi) is 5.77. The number of halogens is 1. The molecule has 0 aliphatic carbocycles. The van der Waals surface area contributed by atoms with Gasteiger partial charge < -0.3 is 15.2 Å². The summed E-state index contributed by atoms with van der Waals surface area (Å²) < 4.78 is 10.4. The van der Waals surface area contributed by atoms with Gasteiger partial charge in [0.25, 0.3) is 0 Å². The van der Waals surface area contributed by atoms with Gasteiger partial charge in [-0.15, -0.1) is 0 Å². The molecule has 1 unspecified atom stereocenters. The van der Waals surface area contributed by atoms with E-state index in [1.54, 1.807) is 25.4 Å². The van der Waals surface area contributed by atoms with Gasteiger partial charge in [0, 0.05) is 11.5 Å². The van der Waals surface area contributed by atoms with Gasteiger partial charge in [0.05, 0.1) is 12.8 Å². The molecule has 0 aliphatic heterocycles. The molecule has 1 aromatic heterocycles. The lowest BCUT2D eigenvalue weighted by Gasteiger charge is -2.17. The zero-order chi connectivity index (χ0) is 15.9. The highest BCUT2D eigenvalue weighted by molar-refractivity contribution is 9.09. The van der Waals surface area contributed by atoms with Crippen LogP contribution in [0.3, 0.4) is 0 Å². The van der Waals surface area contributed by atoms with Gasteiger partial charge in [0.2, 0.25) is 0 Å². The maximum absolute atomic E-state index is 11.2. The SMILES string of the molecule is COc1ccc(C(OC(N)=O)c2cc(CCBr)ccn2)cc1. The van der Waals surface area contributed by atoms with Crippen LogP contribution < -0.4 is 10.5 Å². The summed E-state index contributed by atoms with van der Waals surface area (Å²) in [6.07, 6.45) is 1.09. The molecule has 0 radical (unpaired) electrons. The maximum Gasteiger partial charge on any atom is 0.405 e. The van der Waals surface area contributed by atoms with E-state index in [-0.39, 0.29) is 0 Å². The number of aryl methyl sites for hydroxylation is 1. The summed E-state index contributed by atoms with van der Waals surface area (Å²) >= 11 is 3.41. The summed E-state index contributed by atoms with van der Waals surface area (Å²) in [5, 5.41) is 0.848. The first-order chi connectivity index (χ1) is 10.6. The summed E-state index contributed by atoms with van der Waals surface area (Å²) in [6.45, 7) is 0. The van der Waals surface area contributed by atoms with Crippen LogP contribution in [0, 0.1) is 0 Å². The molecule has 0 saturated carbocycles. The van der Waals surface area contributed by atoms with Crippen LogP contribution >= 0.6 is 15.9 Å². The molecule has 1 atom stereocenters. The first-order valence-electron chi connectivity index (χ1n) is 6.75. The Bertz CT molecular complexity index is 632. The molecule has 116 valence electrons. The van der Waals surface area contributed by atoms with Crippen LogP contribution in [-0.4, -0.2) is 23.5 Å². The molecular weight excluding hydrogens is 348 g/mol. The van der Waals surface area contributed by atoms with Crippen molar-refractivity contribution in [2.75, 3.05) is 12.4 Å². The van der Waals surface area contributed by atoms with Crippen LogP contribution in [0.2, 0.25) is 0 Å². The van der Waals surface area contributed by atoms with Crippen molar-refractivity contribution >= 4 is 22.0 Å². The van der Waals surface area contributed by atoms with E-state index in [0.29, 0.717) is 5.69 Å². The van der Waals surface area contributed by atoms with E-state index in [1.807, 2.05) is 24.3 Å². The summed E-state index contributed by atoms with van der Waals surface area (Å²) in [5.74, 6) is 0.725. The van der Waals surface area contributed by atoms with E-state index in [2.05, 4.69) is 20.9 Å². The second-order valence-electron chi connectivity index (χ2n) is 4.62. The number of pyridine rings is 1. The second kappa shape index (κ2) is 7.79. The molecule has 1 aromatic carbocycles. The fourth-order valence-corrected chi connectivity index (χ4v) is 2.55. The largest absolute Gasteiger partial charge is 0.497 e. The molecule has 6 heteroatoms. The molecule has 5 nitrogen and oxygen atoms in total. The van der Waals surface area contributed by atoms with Crippen LogP contribution in [0.25, 0.3) is 0 Å². The number of benzene rings is 1. The van der Waals surface area contributed by atoms with E-state index >= 15 is 0 Å². The van der Waals surface area contributed by atoms with Gasteiger partial charge in [-0.05, 0) is 41.8 Å². The van der Waals surface area contributed by atoms with Crippen molar-refractivity contribution in [2.45, 2.75) is 12.5 Å². The zero-order valence-corrected chi connectivity index (χ0v) is 13.7. The predicted molar refractivity (Wildman–Crippen MR) is 87.2 cm³/mol. The Labute approximate surface area is 137 Å². The van der Waals surface area contributed by atoms with Crippen LogP contribution in [0.5, 0.6) is 5.75 Å². The van der Waals surface area contributed by atoms with E-state index < -0.39 is 12.2 Å². The van der Waals surface area contributed by atoms with Crippen LogP contribution in [0.4, 0.5) is 4.79 Å². The standard InChI is InChI=1S/C16H17BrN2O3/c1-21-13-4-2-12(3-5-13)15(22-16(18)20)14-10-11(6-8-17)7-9-19-14/h2-5,7,9-10,15H,6,8H2,1H3,(H2,18,20). The summed E-state index contributed by atoms with van der Waals surface area (Å²) in [4.78, 5) is 15.5. The van der Waals surface area contributed by atoms with Crippen molar-refractivity contribution in [3.63, 3.8) is 0 Å². The smallest absolute Gasteiger partial charge is 0.405 e. The highest BCUT2D eigenvalue weighted by Gasteiger charge is 2.19. The highest BCUT2D eigenvalue weighted by atomic mass is 79.9. The first kappa shape index (κ1) is 16.3. The molecule has 0 spiro atoms. The summed E-state index contributed by atoms with van der Waals surface area (Å²) in [7, 11) is 1.59. The Morgan fingerprint density at radius 3 is 2.64 bits per heavy atom. The second-order valence-corrected chi connectivity index (χ2v) is 5.41. The summed E-state index contributed by atoms with van der Waals surface area (Å²) in [6, 6.07) is 11.1. The van der Waals surface area contributed by atoms with Crippen molar-refractivity contribution in [3.8, 4) is 5.75 Å². The number of carbonyl (C=O) groups is 1. The van der Waals surface area contributed by atoms with Gasteiger partial charge in [-0.25, -0.2) is 4.79 Å². The molecule has 2 aromatic rings. The van der Waals surface area contributed by atoms with E-state index in [0.717, 1.165) is 28.6 Å². The third kappa shape index (κ3) is 4.21. The Hall–Kier alpha value is -2.08. The van der Waals surface area contributed by atoms with Gasteiger partial charge >= 0.3 is 6.09 Å². The minimum atomic E-state index is -0.839. The van der Waals surface area contributed by atoms with Crippen molar-refractivity contribution in [2.24, 2.45) is 5.73 Å². The highest BCUT2D eigenvalue weighted by Crippen LogP contribution is 2.27. The minimum absolute atomic E-state index is 0.640. The molecule has 1 heterocycles. The zero-order valence-electron chi connectivity index (χ0n) is 12.2. The van der Waals surface area contributed by atoms with Gasteiger partial charge in [0.15, 0.2) is 6.10 Å². The molecule has 0 aliphatic rings. The fraction of sp³-hybridized carbons (Fsp3) is 0.250. The number of hydrogen-bond donors (Lipinski definition) is 1. The molecule has 22 heavy (non-hydrogen) atoms. The van der Waals surface area contributed by atoms with Crippen LogP contribution in [-0.2, 0) is 11.2 Å². The number of alkyl halides is 1. The Morgan fingerprint density at radius 1 is 1.32 bits per heavy atom. The number of nitrogens with two attached hydrogens (primary N) is 1. The van der Waals surface area contributed by atoms with Crippen molar-refractivity contribution in [1.29, 1.82) is 0 Å². The quantitative estimate of drug-likeness (QED) is 0.798. The van der Waals surface area contributed by atoms with E-state index in [4.69, 9.17) is 15.2 Å². The lowest BCUT2D eigenvalue weighted by molar-refractivity contribution is 0.124. The van der Waals surface area contributed by atoms with E-state index in [1.165, 1.54) is 0 Å². The third-order valence-electron chi connectivity index (χ3n) is 3.15. The number of carbonyl (C=O) groups excluding carboxylic acids is 1. The van der Waals surface area contributed by atoms with Gasteiger partial charge in [-0.1, -0.05) is 28.1 Å².